The molecule has 3 unspecified atom stereocenters. The van der Waals surface area contributed by atoms with Gasteiger partial charge in [-0.3, -0.25) is 14.4 Å². The molecule has 0 saturated carbocycles. The van der Waals surface area contributed by atoms with Gasteiger partial charge in [-0.2, -0.15) is 39.5 Å². The molecule has 0 spiro atoms. The lowest BCUT2D eigenvalue weighted by Gasteiger charge is -2.18. The molecule has 0 aromatic heterocycles. The summed E-state index contributed by atoms with van der Waals surface area (Å²) in [6.45, 7) is 4.60. The fourth-order valence-electron chi connectivity index (χ4n) is 6.09. The summed E-state index contributed by atoms with van der Waals surface area (Å²) in [5.74, 6) is -1.07. The summed E-state index contributed by atoms with van der Waals surface area (Å²) in [7, 11) is 3.88. The van der Waals surface area contributed by atoms with Crippen LogP contribution in [0.1, 0.15) is 155 Å². The number of halogens is 10. The minimum atomic E-state index is -5.47. The van der Waals surface area contributed by atoms with Gasteiger partial charge in [-0.1, -0.05) is 76.1 Å². The molecule has 0 aromatic carbocycles. The van der Waals surface area contributed by atoms with E-state index in [1.807, 2.05) is 25.9 Å². The third kappa shape index (κ3) is 32.9. The van der Waals surface area contributed by atoms with Gasteiger partial charge in [0.25, 0.3) is 0 Å². The second kappa shape index (κ2) is 31.4. The number of hydrogen-bond acceptors (Lipinski definition) is 7. The molecule has 3 atom stereocenters. The van der Waals surface area contributed by atoms with Gasteiger partial charge in [0.15, 0.2) is 0 Å². The molecule has 0 aliphatic rings. The summed E-state index contributed by atoms with van der Waals surface area (Å²) < 4.78 is 129. The molecule has 0 heterocycles. The number of unbranched alkanes of at least 4 members (excludes halogenated alkanes) is 8. The number of carbonyl (C=O) groups is 3. The molecule has 0 aliphatic carbocycles. The predicted molar refractivity (Wildman–Crippen MR) is 210 cm³/mol. The summed E-state index contributed by atoms with van der Waals surface area (Å²) in [5.41, 5.74) is -2.51. The maximum absolute atomic E-state index is 12.6. The van der Waals surface area contributed by atoms with E-state index in [1.165, 1.54) is 0 Å². The quantitative estimate of drug-likeness (QED) is 0.0213. The van der Waals surface area contributed by atoms with E-state index < -0.39 is 41.5 Å². The molecule has 59 heavy (non-hydrogen) atoms. The van der Waals surface area contributed by atoms with Crippen molar-refractivity contribution in [3.05, 3.63) is 22.8 Å². The predicted octanol–water partition coefficient (Wildman–Crippen LogP) is 13.1. The van der Waals surface area contributed by atoms with E-state index in [4.69, 9.17) is 25.8 Å². The van der Waals surface area contributed by atoms with E-state index in [1.54, 1.807) is 6.92 Å². The van der Waals surface area contributed by atoms with Gasteiger partial charge in [-0.25, -0.2) is 0 Å². The average Bonchev–Trinajstić information content (AvgIpc) is 3.10. The zero-order valence-corrected chi connectivity index (χ0v) is 36.0. The Hall–Kier alpha value is -2.49. The van der Waals surface area contributed by atoms with Crippen LogP contribution in [0.3, 0.4) is 0 Å². The Balaban J connectivity index is 4.33. The van der Waals surface area contributed by atoms with Crippen molar-refractivity contribution in [2.75, 3.05) is 33.9 Å². The summed E-state index contributed by atoms with van der Waals surface area (Å²) >= 11 is 5.22. The van der Waals surface area contributed by atoms with Crippen LogP contribution in [0.15, 0.2) is 22.8 Å². The van der Waals surface area contributed by atoms with Gasteiger partial charge in [-0.15, -0.1) is 0 Å². The number of hydrogen-bond donors (Lipinski definition) is 0. The molecule has 0 radical (unpaired) electrons. The van der Waals surface area contributed by atoms with E-state index in [0.29, 0.717) is 51.4 Å². The summed E-state index contributed by atoms with van der Waals surface area (Å²) in [6.07, 6.45) is -1.98. The number of ether oxygens (including phenoxy) is 3. The number of allylic oxidation sites excluding steroid dienone is 4. The van der Waals surface area contributed by atoms with Crippen LogP contribution < -0.4 is 0 Å². The number of rotatable bonds is 33. The Bertz CT molecular complexity index is 1210. The molecule has 0 aliphatic heterocycles. The fraction of sp³-hybridized carbons (Fsp3) is 0.833. The van der Waals surface area contributed by atoms with E-state index in [0.717, 1.165) is 76.8 Å². The first-order chi connectivity index (χ1) is 27.5. The van der Waals surface area contributed by atoms with Crippen molar-refractivity contribution in [1.82, 2.24) is 4.90 Å². The van der Waals surface area contributed by atoms with Gasteiger partial charge < -0.3 is 19.1 Å². The first kappa shape index (κ1) is 56.5. The second-order valence-electron chi connectivity index (χ2n) is 15.7. The van der Waals surface area contributed by atoms with E-state index in [-0.39, 0.29) is 68.4 Å². The fourth-order valence-corrected chi connectivity index (χ4v) is 6.19. The smallest absolute Gasteiger partial charge is 0.426 e. The Labute approximate surface area is 350 Å². The molecule has 0 bridgehead atoms. The summed E-state index contributed by atoms with van der Waals surface area (Å²) in [5, 5.41) is -1.12. The van der Waals surface area contributed by atoms with Gasteiger partial charge in [0.1, 0.15) is 16.7 Å². The largest absolute Gasteiger partial charge is 0.466 e. The zero-order valence-electron chi connectivity index (χ0n) is 35.2. The Morgan fingerprint density at radius 3 is 1.37 bits per heavy atom. The highest BCUT2D eigenvalue weighted by atomic mass is 35.5. The standard InChI is InChI=1S/C42H67ClF9NO6/c1-32(18-15-22-35(40(44,45)46)41(47,48)49)27-30-57-37(54)24-13-9-5-7-11-20-34(59-39(56)26-17-29-53(3)4)21-12-8-6-10-14-25-38(55)58-31-28-33(2)19-16-23-36(43)42(50,51)52/h22-23,32-34H,5-21,24-31H2,1-4H3/b36-23+. The number of carbonyl (C=O) groups excluding carboxylic acids is 3. The van der Waals surface area contributed by atoms with Crippen LogP contribution in [0.25, 0.3) is 0 Å². The average molecular weight is 888 g/mol. The lowest BCUT2D eigenvalue weighted by atomic mass is 10.0. The number of alkyl halides is 9. The molecular weight excluding hydrogens is 821 g/mol. The normalized spacial score (nSPS) is 14.2. The molecule has 17 heteroatoms. The van der Waals surface area contributed by atoms with E-state index >= 15 is 0 Å². The molecule has 0 N–H and O–H groups in total. The maximum Gasteiger partial charge on any atom is 0.426 e. The Morgan fingerprint density at radius 1 is 0.542 bits per heavy atom. The van der Waals surface area contributed by atoms with Gasteiger partial charge in [0.2, 0.25) is 0 Å². The van der Waals surface area contributed by atoms with Crippen molar-refractivity contribution in [1.29, 1.82) is 0 Å². The van der Waals surface area contributed by atoms with Gasteiger partial charge >= 0.3 is 36.4 Å². The summed E-state index contributed by atoms with van der Waals surface area (Å²) in [6, 6.07) is 0. The molecule has 0 rings (SSSR count). The van der Waals surface area contributed by atoms with Crippen molar-refractivity contribution in [2.45, 2.75) is 180 Å². The van der Waals surface area contributed by atoms with Crippen LogP contribution in [-0.2, 0) is 28.6 Å². The monoisotopic (exact) mass is 887 g/mol. The number of esters is 3. The first-order valence-corrected chi connectivity index (χ1v) is 21.3. The van der Waals surface area contributed by atoms with Crippen LogP contribution in [0.4, 0.5) is 39.5 Å². The first-order valence-electron chi connectivity index (χ1n) is 20.9. The molecule has 0 fully saturated rings. The van der Waals surface area contributed by atoms with Gasteiger partial charge in [-0.05, 0) is 116 Å². The van der Waals surface area contributed by atoms with Gasteiger partial charge in [0, 0.05) is 19.3 Å². The van der Waals surface area contributed by atoms with Crippen LogP contribution in [0.5, 0.6) is 0 Å². The zero-order chi connectivity index (χ0) is 44.9. The molecular formula is C42H67ClF9NO6. The van der Waals surface area contributed by atoms with Gasteiger partial charge in [0.05, 0.1) is 13.2 Å². The highest BCUT2D eigenvalue weighted by molar-refractivity contribution is 6.30. The third-order valence-corrected chi connectivity index (χ3v) is 10.1. The highest BCUT2D eigenvalue weighted by Gasteiger charge is 2.50. The van der Waals surface area contributed by atoms with E-state index in [9.17, 15) is 53.9 Å². The van der Waals surface area contributed by atoms with Crippen molar-refractivity contribution in [3.8, 4) is 0 Å². The minimum Gasteiger partial charge on any atom is -0.466 e. The lowest BCUT2D eigenvalue weighted by Crippen LogP contribution is -2.26. The molecule has 7 nitrogen and oxygen atoms in total. The molecule has 0 saturated heterocycles. The van der Waals surface area contributed by atoms with Crippen molar-refractivity contribution < 1.29 is 68.1 Å². The number of nitrogens with zero attached hydrogens (tertiary/aromatic N) is 1. The van der Waals surface area contributed by atoms with Crippen molar-refractivity contribution >= 4 is 29.5 Å². The third-order valence-electron chi connectivity index (χ3n) is 9.72. The Kier molecular flexibility index (Phi) is 30.0. The van der Waals surface area contributed by atoms with Crippen LogP contribution >= 0.6 is 11.6 Å². The minimum absolute atomic E-state index is 0.0407. The second-order valence-corrected chi connectivity index (χ2v) is 16.1. The van der Waals surface area contributed by atoms with Crippen molar-refractivity contribution in [2.24, 2.45) is 11.8 Å². The van der Waals surface area contributed by atoms with Crippen LogP contribution in [0, 0.1) is 11.8 Å². The molecule has 346 valence electrons. The Morgan fingerprint density at radius 2 is 0.949 bits per heavy atom. The molecule has 0 amide bonds. The van der Waals surface area contributed by atoms with Crippen LogP contribution in [-0.4, -0.2) is 81.3 Å². The van der Waals surface area contributed by atoms with E-state index in [2.05, 4.69) is 0 Å². The SMILES string of the molecule is CC(CCC=C(C(F)(F)F)C(F)(F)F)CCOC(=O)CCCCCCCC(CCCCCCCC(=O)OCCC(C)CC/C=C(/Cl)C(F)(F)F)OC(=O)CCCN(C)C. The lowest BCUT2D eigenvalue weighted by molar-refractivity contribution is -0.172. The van der Waals surface area contributed by atoms with Crippen molar-refractivity contribution in [3.63, 3.8) is 0 Å². The highest BCUT2D eigenvalue weighted by Crippen LogP contribution is 2.39. The van der Waals surface area contributed by atoms with Crippen LogP contribution in [0.2, 0.25) is 0 Å². The maximum atomic E-state index is 12.6. The molecule has 0 aromatic rings. The summed E-state index contributed by atoms with van der Waals surface area (Å²) in [4.78, 5) is 38.7. The topological polar surface area (TPSA) is 82.1 Å².